The Labute approximate surface area is 116 Å². The van der Waals surface area contributed by atoms with Gasteiger partial charge in [-0.05, 0) is 18.6 Å². The molecule has 0 spiro atoms. The van der Waals surface area contributed by atoms with Gasteiger partial charge in [-0.25, -0.2) is 0 Å². The molecule has 0 fully saturated rings. The molecule has 1 aromatic carbocycles. The summed E-state index contributed by atoms with van der Waals surface area (Å²) in [6, 6.07) is 4.97. The first-order chi connectivity index (χ1) is 9.10. The van der Waals surface area contributed by atoms with Crippen molar-refractivity contribution in [1.82, 2.24) is 9.78 Å². The number of ether oxygens (including phenoxy) is 1. The third-order valence-electron chi connectivity index (χ3n) is 2.52. The molecule has 6 heteroatoms. The number of nitrogens with two attached hydrogens (primary N) is 1. The highest BCUT2D eigenvalue weighted by atomic mass is 35.5. The number of nitrogens with one attached hydrogen (secondary N) is 1. The van der Waals surface area contributed by atoms with Crippen LogP contribution in [0.4, 0.5) is 0 Å². The van der Waals surface area contributed by atoms with E-state index in [1.54, 1.807) is 35.3 Å². The normalized spacial score (nSPS) is 10.4. The van der Waals surface area contributed by atoms with Gasteiger partial charge in [-0.2, -0.15) is 5.10 Å². The Morgan fingerprint density at radius 2 is 2.32 bits per heavy atom. The average Bonchev–Trinajstić information content (AvgIpc) is 2.77. The summed E-state index contributed by atoms with van der Waals surface area (Å²) in [5.41, 5.74) is 6.02. The topological polar surface area (TPSA) is 76.9 Å². The van der Waals surface area contributed by atoms with Gasteiger partial charge in [0, 0.05) is 17.6 Å². The fourth-order valence-corrected chi connectivity index (χ4v) is 1.84. The summed E-state index contributed by atoms with van der Waals surface area (Å²) in [7, 11) is 0. The first-order valence-electron chi connectivity index (χ1n) is 5.94. The number of halogens is 1. The van der Waals surface area contributed by atoms with Gasteiger partial charge in [0.1, 0.15) is 11.6 Å². The van der Waals surface area contributed by atoms with Crippen LogP contribution in [0.2, 0.25) is 5.02 Å². The molecule has 0 aliphatic heterocycles. The monoisotopic (exact) mass is 278 g/mol. The Balaban J connectivity index is 2.26. The van der Waals surface area contributed by atoms with E-state index in [2.05, 4.69) is 12.0 Å². The molecule has 0 bridgehead atoms. The van der Waals surface area contributed by atoms with E-state index in [1.807, 2.05) is 0 Å². The second kappa shape index (κ2) is 5.75. The van der Waals surface area contributed by atoms with Crippen LogP contribution >= 0.6 is 11.6 Å². The lowest BCUT2D eigenvalue weighted by Crippen LogP contribution is -2.12. The van der Waals surface area contributed by atoms with E-state index >= 15 is 0 Å². The first-order valence-corrected chi connectivity index (χ1v) is 6.32. The number of hydrogen-bond donors (Lipinski definition) is 2. The van der Waals surface area contributed by atoms with Crippen molar-refractivity contribution in [3.05, 3.63) is 41.2 Å². The van der Waals surface area contributed by atoms with Crippen LogP contribution in [0.15, 0.2) is 30.6 Å². The first kappa shape index (κ1) is 13.4. The molecule has 0 aliphatic carbocycles. The molecule has 2 aromatic rings. The van der Waals surface area contributed by atoms with Crippen molar-refractivity contribution in [1.29, 1.82) is 5.41 Å². The maximum atomic E-state index is 7.52. The van der Waals surface area contributed by atoms with Crippen molar-refractivity contribution >= 4 is 17.4 Å². The number of hydrogen-bond acceptors (Lipinski definition) is 3. The maximum absolute atomic E-state index is 7.52. The van der Waals surface area contributed by atoms with Crippen molar-refractivity contribution in [3.63, 3.8) is 0 Å². The van der Waals surface area contributed by atoms with Gasteiger partial charge in [-0.3, -0.25) is 10.1 Å². The number of amidine groups is 1. The minimum atomic E-state index is -0.0624. The number of aryl methyl sites for hydroxylation is 1. The zero-order valence-corrected chi connectivity index (χ0v) is 11.3. The number of benzene rings is 1. The van der Waals surface area contributed by atoms with Crippen LogP contribution in [0.5, 0.6) is 11.5 Å². The van der Waals surface area contributed by atoms with E-state index in [-0.39, 0.29) is 5.84 Å². The average molecular weight is 279 g/mol. The van der Waals surface area contributed by atoms with Gasteiger partial charge in [0.25, 0.3) is 0 Å². The van der Waals surface area contributed by atoms with Crippen LogP contribution in [-0.4, -0.2) is 15.6 Å². The molecule has 0 amide bonds. The molecule has 19 heavy (non-hydrogen) atoms. The second-order valence-corrected chi connectivity index (χ2v) is 4.53. The van der Waals surface area contributed by atoms with Gasteiger partial charge in [-0.15, -0.1) is 0 Å². The Morgan fingerprint density at radius 3 is 3.00 bits per heavy atom. The Morgan fingerprint density at radius 1 is 1.53 bits per heavy atom. The van der Waals surface area contributed by atoms with Crippen molar-refractivity contribution in [3.8, 4) is 11.5 Å². The standard InChI is InChI=1S/C13H15ClN4O/c1-2-5-18-8-10(7-17-18)19-12-6-9(14)3-4-11(12)13(15)16/h3-4,6-8H,2,5H2,1H3,(H3,15,16). The summed E-state index contributed by atoms with van der Waals surface area (Å²) in [6.07, 6.45) is 4.42. The molecule has 0 saturated heterocycles. The van der Waals surface area contributed by atoms with E-state index in [1.165, 1.54) is 0 Å². The van der Waals surface area contributed by atoms with Crippen LogP contribution in [0.3, 0.4) is 0 Å². The summed E-state index contributed by atoms with van der Waals surface area (Å²) in [5, 5.41) is 12.2. The van der Waals surface area contributed by atoms with Gasteiger partial charge in [-0.1, -0.05) is 18.5 Å². The Bertz CT molecular complexity index is 594. The van der Waals surface area contributed by atoms with Gasteiger partial charge in [0.15, 0.2) is 5.75 Å². The number of aromatic nitrogens is 2. The van der Waals surface area contributed by atoms with Crippen LogP contribution in [-0.2, 0) is 6.54 Å². The van der Waals surface area contributed by atoms with Crippen LogP contribution in [0, 0.1) is 5.41 Å². The predicted octanol–water partition coefficient (Wildman–Crippen LogP) is 3.02. The molecule has 0 radical (unpaired) electrons. The van der Waals surface area contributed by atoms with Gasteiger partial charge >= 0.3 is 0 Å². The fraction of sp³-hybridized carbons (Fsp3) is 0.231. The molecule has 0 aliphatic rings. The maximum Gasteiger partial charge on any atom is 0.165 e. The van der Waals surface area contributed by atoms with E-state index in [0.29, 0.717) is 22.1 Å². The Hall–Kier alpha value is -2.01. The zero-order valence-electron chi connectivity index (χ0n) is 10.6. The van der Waals surface area contributed by atoms with Crippen LogP contribution in [0.25, 0.3) is 0 Å². The van der Waals surface area contributed by atoms with Crippen LogP contribution < -0.4 is 10.5 Å². The molecular formula is C13H15ClN4O. The molecule has 0 saturated carbocycles. The van der Waals surface area contributed by atoms with Gasteiger partial charge in [0.2, 0.25) is 0 Å². The van der Waals surface area contributed by atoms with Crippen molar-refractivity contribution < 1.29 is 4.74 Å². The summed E-state index contributed by atoms with van der Waals surface area (Å²) in [6.45, 7) is 2.91. The molecule has 1 heterocycles. The van der Waals surface area contributed by atoms with Gasteiger partial charge < -0.3 is 10.5 Å². The van der Waals surface area contributed by atoms with E-state index in [0.717, 1.165) is 13.0 Å². The predicted molar refractivity (Wildman–Crippen MR) is 75.1 cm³/mol. The van der Waals surface area contributed by atoms with Crippen molar-refractivity contribution in [2.24, 2.45) is 5.73 Å². The van der Waals surface area contributed by atoms with Crippen molar-refractivity contribution in [2.45, 2.75) is 19.9 Å². The highest BCUT2D eigenvalue weighted by molar-refractivity contribution is 6.30. The number of nitrogens with zero attached hydrogens (tertiary/aromatic N) is 2. The minimum absolute atomic E-state index is 0.0624. The largest absolute Gasteiger partial charge is 0.453 e. The SMILES string of the molecule is CCCn1cc(Oc2cc(Cl)ccc2C(=N)N)cn1. The molecule has 1 aromatic heterocycles. The highest BCUT2D eigenvalue weighted by Crippen LogP contribution is 2.28. The lowest BCUT2D eigenvalue weighted by atomic mass is 10.2. The molecular weight excluding hydrogens is 264 g/mol. The summed E-state index contributed by atoms with van der Waals surface area (Å²) >= 11 is 5.93. The quantitative estimate of drug-likeness (QED) is 0.652. The highest BCUT2D eigenvalue weighted by Gasteiger charge is 2.10. The molecule has 5 nitrogen and oxygen atoms in total. The fourth-order valence-electron chi connectivity index (χ4n) is 1.68. The second-order valence-electron chi connectivity index (χ2n) is 4.10. The molecule has 3 N–H and O–H groups in total. The Kier molecular flexibility index (Phi) is 4.06. The molecule has 2 rings (SSSR count). The number of rotatable bonds is 5. The minimum Gasteiger partial charge on any atom is -0.453 e. The molecule has 0 unspecified atom stereocenters. The summed E-state index contributed by atoms with van der Waals surface area (Å²) < 4.78 is 7.49. The van der Waals surface area contributed by atoms with Crippen molar-refractivity contribution in [2.75, 3.05) is 0 Å². The van der Waals surface area contributed by atoms with E-state index in [9.17, 15) is 0 Å². The zero-order chi connectivity index (χ0) is 13.8. The van der Waals surface area contributed by atoms with E-state index in [4.69, 9.17) is 27.5 Å². The lowest BCUT2D eigenvalue weighted by Gasteiger charge is -2.08. The summed E-state index contributed by atoms with van der Waals surface area (Å²) in [5.74, 6) is 0.988. The van der Waals surface area contributed by atoms with E-state index < -0.39 is 0 Å². The molecule has 0 atom stereocenters. The van der Waals surface area contributed by atoms with Gasteiger partial charge in [0.05, 0.1) is 18.0 Å². The smallest absolute Gasteiger partial charge is 0.165 e. The van der Waals surface area contributed by atoms with Crippen LogP contribution in [0.1, 0.15) is 18.9 Å². The summed E-state index contributed by atoms with van der Waals surface area (Å²) in [4.78, 5) is 0. The number of nitrogen functional groups attached to an aromatic ring is 1. The lowest BCUT2D eigenvalue weighted by molar-refractivity contribution is 0.479. The third kappa shape index (κ3) is 3.26. The molecule has 100 valence electrons. The third-order valence-corrected chi connectivity index (χ3v) is 2.76.